The van der Waals surface area contributed by atoms with Crippen molar-refractivity contribution < 1.29 is 17.9 Å². The second-order valence-corrected chi connectivity index (χ2v) is 7.91. The molecule has 2 heterocycles. The summed E-state index contributed by atoms with van der Waals surface area (Å²) >= 11 is 0. The molecule has 0 bridgehead atoms. The lowest BCUT2D eigenvalue weighted by atomic mass is 10.2. The average Bonchev–Trinajstić information content (AvgIpc) is 3.22. The molecule has 0 saturated carbocycles. The Morgan fingerprint density at radius 1 is 1.20 bits per heavy atom. The number of rotatable bonds is 5. The summed E-state index contributed by atoms with van der Waals surface area (Å²) in [4.78, 5) is 0.221. The van der Waals surface area contributed by atoms with E-state index in [4.69, 9.17) is 9.47 Å². The van der Waals surface area contributed by atoms with Crippen LogP contribution in [-0.2, 0) is 17.1 Å². The fourth-order valence-electron chi connectivity index (χ4n) is 3.25. The Balaban J connectivity index is 2.06. The van der Waals surface area contributed by atoms with Gasteiger partial charge in [-0.3, -0.25) is 0 Å². The number of hydrogen-bond acceptors (Lipinski definition) is 6. The van der Waals surface area contributed by atoms with Crippen LogP contribution >= 0.6 is 0 Å². The molecule has 1 aliphatic heterocycles. The average molecular weight is 366 g/mol. The maximum Gasteiger partial charge on any atom is 0.244 e. The van der Waals surface area contributed by atoms with Crippen LogP contribution in [0.1, 0.15) is 30.3 Å². The van der Waals surface area contributed by atoms with Crippen molar-refractivity contribution in [2.45, 2.75) is 30.7 Å². The summed E-state index contributed by atoms with van der Waals surface area (Å²) in [7, 11) is 1.13. The molecule has 1 aromatic carbocycles. The van der Waals surface area contributed by atoms with Crippen LogP contribution in [0.25, 0.3) is 0 Å². The number of nitrogens with zero attached hydrogens (tertiary/aromatic N) is 4. The molecule has 9 heteroatoms. The molecule has 0 spiro atoms. The van der Waals surface area contributed by atoms with E-state index in [0.717, 1.165) is 12.8 Å². The van der Waals surface area contributed by atoms with Gasteiger partial charge < -0.3 is 14.0 Å². The Labute approximate surface area is 147 Å². The van der Waals surface area contributed by atoms with Gasteiger partial charge in [0.2, 0.25) is 10.0 Å². The minimum atomic E-state index is -3.70. The Hall–Kier alpha value is -2.13. The van der Waals surface area contributed by atoms with Crippen molar-refractivity contribution in [3.63, 3.8) is 0 Å². The molecular formula is C16H22N4O4S. The molecule has 8 nitrogen and oxygen atoms in total. The fraction of sp³-hybridized carbons (Fsp3) is 0.500. The first-order valence-corrected chi connectivity index (χ1v) is 9.42. The highest BCUT2D eigenvalue weighted by Gasteiger charge is 2.39. The van der Waals surface area contributed by atoms with Crippen LogP contribution < -0.4 is 9.47 Å². The molecule has 25 heavy (non-hydrogen) atoms. The molecule has 2 aromatic rings. The second kappa shape index (κ2) is 6.64. The first-order chi connectivity index (χ1) is 11.9. The molecule has 1 aromatic heterocycles. The molecule has 1 saturated heterocycles. The van der Waals surface area contributed by atoms with E-state index >= 15 is 0 Å². The molecule has 1 fully saturated rings. The predicted octanol–water partition coefficient (Wildman–Crippen LogP) is 1.67. The Morgan fingerprint density at radius 3 is 2.48 bits per heavy atom. The molecular weight excluding hydrogens is 344 g/mol. The van der Waals surface area contributed by atoms with Crippen molar-refractivity contribution in [1.29, 1.82) is 0 Å². The summed E-state index contributed by atoms with van der Waals surface area (Å²) in [6.45, 7) is 2.20. The summed E-state index contributed by atoms with van der Waals surface area (Å²) in [5, 5.41) is 7.98. The van der Waals surface area contributed by atoms with Crippen molar-refractivity contribution in [1.82, 2.24) is 19.1 Å². The van der Waals surface area contributed by atoms with Crippen LogP contribution in [-0.4, -0.2) is 48.3 Å². The molecule has 1 aliphatic rings. The van der Waals surface area contributed by atoms with Crippen molar-refractivity contribution in [2.24, 2.45) is 7.05 Å². The molecule has 0 radical (unpaired) electrons. The van der Waals surface area contributed by atoms with Gasteiger partial charge in [-0.1, -0.05) is 0 Å². The zero-order chi connectivity index (χ0) is 18.2. The third-order valence-corrected chi connectivity index (χ3v) is 6.57. The van der Waals surface area contributed by atoms with Crippen molar-refractivity contribution in [2.75, 3.05) is 20.8 Å². The number of methoxy groups -OCH3 is 2. The normalized spacial score (nSPS) is 18.5. The highest BCUT2D eigenvalue weighted by molar-refractivity contribution is 7.89. The Morgan fingerprint density at radius 2 is 1.88 bits per heavy atom. The molecule has 0 aliphatic carbocycles. The van der Waals surface area contributed by atoms with E-state index in [-0.39, 0.29) is 10.9 Å². The smallest absolute Gasteiger partial charge is 0.244 e. The van der Waals surface area contributed by atoms with Crippen LogP contribution in [0.2, 0.25) is 0 Å². The number of hydrogen-bond donors (Lipinski definition) is 0. The van der Waals surface area contributed by atoms with E-state index < -0.39 is 10.0 Å². The standard InChI is InChI=1S/C16H22N4O4S/c1-11-8-13(23-3)14(24-4)9-15(11)25(21,22)20-7-5-6-12(20)16-18-17-10-19(16)2/h8-10,12H,5-7H2,1-4H3. The molecule has 1 unspecified atom stereocenters. The first-order valence-electron chi connectivity index (χ1n) is 7.98. The predicted molar refractivity (Wildman–Crippen MR) is 91.2 cm³/mol. The topological polar surface area (TPSA) is 86.6 Å². The highest BCUT2D eigenvalue weighted by atomic mass is 32.2. The maximum absolute atomic E-state index is 13.3. The van der Waals surface area contributed by atoms with E-state index in [1.807, 2.05) is 7.05 Å². The first kappa shape index (κ1) is 17.7. The zero-order valence-electron chi connectivity index (χ0n) is 14.8. The Bertz CT molecular complexity index is 878. The lowest BCUT2D eigenvalue weighted by Crippen LogP contribution is -2.32. The van der Waals surface area contributed by atoms with Gasteiger partial charge in [-0.2, -0.15) is 4.31 Å². The monoisotopic (exact) mass is 366 g/mol. The quantitative estimate of drug-likeness (QED) is 0.800. The van der Waals surface area contributed by atoms with Gasteiger partial charge in [-0.25, -0.2) is 8.42 Å². The third-order valence-electron chi connectivity index (χ3n) is 4.52. The van der Waals surface area contributed by atoms with Gasteiger partial charge >= 0.3 is 0 Å². The van der Waals surface area contributed by atoms with Gasteiger partial charge in [0.05, 0.1) is 25.2 Å². The summed E-state index contributed by atoms with van der Waals surface area (Å²) in [6.07, 6.45) is 3.08. The number of aromatic nitrogens is 3. The van der Waals surface area contributed by atoms with Gasteiger partial charge in [-0.05, 0) is 31.4 Å². The van der Waals surface area contributed by atoms with E-state index in [2.05, 4.69) is 10.2 Å². The van der Waals surface area contributed by atoms with Crippen molar-refractivity contribution >= 4 is 10.0 Å². The molecule has 136 valence electrons. The molecule has 0 amide bonds. The highest BCUT2D eigenvalue weighted by Crippen LogP contribution is 2.39. The summed E-state index contributed by atoms with van der Waals surface area (Å²) < 4.78 is 40.4. The zero-order valence-corrected chi connectivity index (χ0v) is 15.6. The van der Waals surface area contributed by atoms with Crippen LogP contribution in [0.4, 0.5) is 0 Å². The van der Waals surface area contributed by atoms with Crippen molar-refractivity contribution in [3.05, 3.63) is 29.8 Å². The van der Waals surface area contributed by atoms with Crippen LogP contribution in [0, 0.1) is 6.92 Å². The molecule has 1 atom stereocenters. The van der Waals surface area contributed by atoms with Gasteiger partial charge in [0.25, 0.3) is 0 Å². The SMILES string of the molecule is COc1cc(C)c(S(=O)(=O)N2CCCC2c2nncn2C)cc1OC. The number of ether oxygens (including phenoxy) is 2. The van der Waals surface area contributed by atoms with Crippen LogP contribution in [0.5, 0.6) is 11.5 Å². The van der Waals surface area contributed by atoms with E-state index in [9.17, 15) is 8.42 Å². The maximum atomic E-state index is 13.3. The van der Waals surface area contributed by atoms with E-state index in [1.165, 1.54) is 24.6 Å². The molecule has 0 N–H and O–H groups in total. The summed E-state index contributed by atoms with van der Waals surface area (Å²) in [6, 6.07) is 2.89. The lowest BCUT2D eigenvalue weighted by Gasteiger charge is -2.24. The second-order valence-electron chi connectivity index (χ2n) is 6.05. The molecule has 3 rings (SSSR count). The third kappa shape index (κ3) is 2.98. The Kier molecular flexibility index (Phi) is 4.70. The fourth-order valence-corrected chi connectivity index (χ4v) is 5.12. The number of aryl methyl sites for hydroxylation is 2. The van der Waals surface area contributed by atoms with Crippen molar-refractivity contribution in [3.8, 4) is 11.5 Å². The van der Waals surface area contributed by atoms with Gasteiger partial charge in [-0.15, -0.1) is 10.2 Å². The lowest BCUT2D eigenvalue weighted by molar-refractivity contribution is 0.352. The van der Waals surface area contributed by atoms with Gasteiger partial charge in [0, 0.05) is 19.7 Å². The van der Waals surface area contributed by atoms with E-state index in [1.54, 1.807) is 23.9 Å². The largest absolute Gasteiger partial charge is 0.493 e. The minimum Gasteiger partial charge on any atom is -0.493 e. The summed E-state index contributed by atoms with van der Waals surface area (Å²) in [5.41, 5.74) is 0.612. The van der Waals surface area contributed by atoms with Crippen LogP contribution in [0.15, 0.2) is 23.4 Å². The summed E-state index contributed by atoms with van der Waals surface area (Å²) in [5.74, 6) is 1.55. The van der Waals surface area contributed by atoms with E-state index in [0.29, 0.717) is 29.4 Å². The van der Waals surface area contributed by atoms with Gasteiger partial charge in [0.1, 0.15) is 6.33 Å². The van der Waals surface area contributed by atoms with Gasteiger partial charge in [0.15, 0.2) is 17.3 Å². The number of sulfonamides is 1. The number of benzene rings is 1. The van der Waals surface area contributed by atoms with Crippen LogP contribution in [0.3, 0.4) is 0 Å². The minimum absolute atomic E-state index is 0.221.